The van der Waals surface area contributed by atoms with Gasteiger partial charge in [0, 0.05) is 17.1 Å². The van der Waals surface area contributed by atoms with Crippen molar-refractivity contribution in [3.63, 3.8) is 0 Å². The van der Waals surface area contributed by atoms with E-state index in [1.54, 1.807) is 11.6 Å². The first kappa shape index (κ1) is 9.54. The molecule has 0 N–H and O–H groups in total. The van der Waals surface area contributed by atoms with Gasteiger partial charge in [0.1, 0.15) is 10.5 Å². The molecule has 0 saturated carbocycles. The van der Waals surface area contributed by atoms with Crippen molar-refractivity contribution in [3.05, 3.63) is 40.4 Å². The van der Waals surface area contributed by atoms with Crippen LogP contribution in [-0.2, 0) is 7.05 Å². The molecule has 1 aromatic carbocycles. The highest BCUT2D eigenvalue weighted by Crippen LogP contribution is 2.29. The third-order valence-electron chi connectivity index (χ3n) is 2.83. The molecular formula is C12H10N2OS. The summed E-state index contributed by atoms with van der Waals surface area (Å²) in [6, 6.07) is 7.99. The summed E-state index contributed by atoms with van der Waals surface area (Å²) >= 11 is 1.52. The summed E-state index contributed by atoms with van der Waals surface area (Å²) < 4.78 is 3.46. The minimum Gasteiger partial charge on any atom is -0.299 e. The van der Waals surface area contributed by atoms with Crippen LogP contribution >= 0.6 is 11.3 Å². The normalized spacial score (nSPS) is 11.4. The fourth-order valence-corrected chi connectivity index (χ4v) is 2.94. The third-order valence-corrected chi connectivity index (χ3v) is 3.98. The van der Waals surface area contributed by atoms with Gasteiger partial charge in [0.05, 0.1) is 5.52 Å². The lowest BCUT2D eigenvalue weighted by Crippen LogP contribution is -2.19. The van der Waals surface area contributed by atoms with Gasteiger partial charge in [-0.15, -0.1) is 11.3 Å². The summed E-state index contributed by atoms with van der Waals surface area (Å²) in [5, 5.41) is 1.07. The first-order valence-corrected chi connectivity index (χ1v) is 5.85. The van der Waals surface area contributed by atoms with Crippen LogP contribution in [0, 0.1) is 6.92 Å². The predicted octanol–water partition coefficient (Wildman–Crippen LogP) is 2.46. The maximum atomic E-state index is 12.1. The average Bonchev–Trinajstić information content (AvgIpc) is 2.65. The number of fused-ring (bicyclic) bond motifs is 3. The number of hydrogen-bond acceptors (Lipinski definition) is 3. The summed E-state index contributed by atoms with van der Waals surface area (Å²) in [5.41, 5.74) is 0.880. The Bertz CT molecular complexity index is 755. The Labute approximate surface area is 96.0 Å². The van der Waals surface area contributed by atoms with Crippen molar-refractivity contribution in [1.29, 1.82) is 0 Å². The molecule has 16 heavy (non-hydrogen) atoms. The van der Waals surface area contributed by atoms with Crippen LogP contribution in [0.2, 0.25) is 0 Å². The van der Waals surface area contributed by atoms with E-state index in [9.17, 15) is 4.79 Å². The molecule has 0 unspecified atom stereocenters. The molecule has 0 aliphatic carbocycles. The van der Waals surface area contributed by atoms with E-state index in [-0.39, 0.29) is 5.56 Å². The number of aryl methyl sites for hydroxylation is 1. The third kappa shape index (κ3) is 1.13. The SMILES string of the molecule is Cc1nc2c(sc3ccccc32)c(=O)n1C. The van der Waals surface area contributed by atoms with Crippen molar-refractivity contribution in [2.45, 2.75) is 6.92 Å². The highest BCUT2D eigenvalue weighted by molar-refractivity contribution is 7.25. The average molecular weight is 230 g/mol. The number of rotatable bonds is 0. The summed E-state index contributed by atoms with van der Waals surface area (Å²) in [7, 11) is 1.76. The number of aromatic nitrogens is 2. The van der Waals surface area contributed by atoms with Gasteiger partial charge in [-0.05, 0) is 13.0 Å². The molecule has 3 aromatic rings. The van der Waals surface area contributed by atoms with Crippen molar-refractivity contribution in [3.8, 4) is 0 Å². The Hall–Kier alpha value is -1.68. The molecule has 3 nitrogen and oxygen atoms in total. The molecule has 2 aromatic heterocycles. The van der Waals surface area contributed by atoms with Gasteiger partial charge in [-0.1, -0.05) is 18.2 Å². The van der Waals surface area contributed by atoms with Gasteiger partial charge in [0.2, 0.25) is 0 Å². The van der Waals surface area contributed by atoms with E-state index in [1.807, 2.05) is 31.2 Å². The van der Waals surface area contributed by atoms with Crippen LogP contribution in [0.25, 0.3) is 20.3 Å². The quantitative estimate of drug-likeness (QED) is 0.594. The molecule has 0 aliphatic rings. The van der Waals surface area contributed by atoms with Crippen molar-refractivity contribution in [2.24, 2.45) is 7.05 Å². The van der Waals surface area contributed by atoms with Crippen LogP contribution in [0.15, 0.2) is 29.1 Å². The van der Waals surface area contributed by atoms with Crippen molar-refractivity contribution in [2.75, 3.05) is 0 Å². The molecule has 0 saturated heterocycles. The highest BCUT2D eigenvalue weighted by atomic mass is 32.1. The summed E-state index contributed by atoms with van der Waals surface area (Å²) in [5.74, 6) is 0.751. The highest BCUT2D eigenvalue weighted by Gasteiger charge is 2.11. The zero-order valence-corrected chi connectivity index (χ0v) is 9.84. The number of benzene rings is 1. The maximum absolute atomic E-state index is 12.1. The topological polar surface area (TPSA) is 34.9 Å². The largest absolute Gasteiger partial charge is 0.299 e. The van der Waals surface area contributed by atoms with Crippen molar-refractivity contribution >= 4 is 31.6 Å². The molecule has 80 valence electrons. The van der Waals surface area contributed by atoms with Gasteiger partial charge >= 0.3 is 0 Å². The lowest BCUT2D eigenvalue weighted by atomic mass is 10.2. The summed E-state index contributed by atoms with van der Waals surface area (Å²) in [6.45, 7) is 1.85. The van der Waals surface area contributed by atoms with Gasteiger partial charge in [0.25, 0.3) is 5.56 Å². The molecule has 0 spiro atoms. The van der Waals surface area contributed by atoms with Gasteiger partial charge in [-0.25, -0.2) is 4.98 Å². The van der Waals surface area contributed by atoms with Crippen molar-refractivity contribution in [1.82, 2.24) is 9.55 Å². The molecule has 3 rings (SSSR count). The second-order valence-corrected chi connectivity index (χ2v) is 4.85. The molecule has 0 fully saturated rings. The molecular weight excluding hydrogens is 220 g/mol. The van der Waals surface area contributed by atoms with E-state index in [2.05, 4.69) is 4.98 Å². The van der Waals surface area contributed by atoms with Gasteiger partial charge in [-0.2, -0.15) is 0 Å². The maximum Gasteiger partial charge on any atom is 0.271 e. The van der Waals surface area contributed by atoms with Crippen LogP contribution in [0.3, 0.4) is 0 Å². The van der Waals surface area contributed by atoms with Crippen LogP contribution in [0.1, 0.15) is 5.82 Å². The van der Waals surface area contributed by atoms with Crippen LogP contribution < -0.4 is 5.56 Å². The number of hydrogen-bond donors (Lipinski definition) is 0. The molecule has 0 amide bonds. The summed E-state index contributed by atoms with van der Waals surface area (Å²) in [4.78, 5) is 16.5. The van der Waals surface area contributed by atoms with Crippen molar-refractivity contribution < 1.29 is 0 Å². The molecule has 0 aliphatic heterocycles. The molecule has 0 radical (unpaired) electrons. The Morgan fingerprint density at radius 3 is 2.88 bits per heavy atom. The fraction of sp³-hybridized carbons (Fsp3) is 0.167. The molecule has 0 atom stereocenters. The van der Waals surface area contributed by atoms with E-state index in [4.69, 9.17) is 0 Å². The predicted molar refractivity (Wildman–Crippen MR) is 67.1 cm³/mol. The Kier molecular flexibility index (Phi) is 1.88. The lowest BCUT2D eigenvalue weighted by Gasteiger charge is -2.01. The number of nitrogens with zero attached hydrogens (tertiary/aromatic N) is 2. The minimum atomic E-state index is 0.0451. The Morgan fingerprint density at radius 2 is 2.06 bits per heavy atom. The zero-order valence-electron chi connectivity index (χ0n) is 9.02. The van der Waals surface area contributed by atoms with E-state index in [1.165, 1.54) is 11.3 Å². The van der Waals surface area contributed by atoms with E-state index in [0.29, 0.717) is 0 Å². The van der Waals surface area contributed by atoms with E-state index < -0.39 is 0 Å². The van der Waals surface area contributed by atoms with Gasteiger partial charge in [0.15, 0.2) is 0 Å². The fourth-order valence-electron chi connectivity index (χ4n) is 1.82. The molecule has 2 heterocycles. The molecule has 4 heteroatoms. The standard InChI is InChI=1S/C12H10N2OS/c1-7-13-10-8-5-3-4-6-9(8)16-11(10)12(15)14(7)2/h3-6H,1-2H3. The van der Waals surface area contributed by atoms with Gasteiger partial charge < -0.3 is 0 Å². The summed E-state index contributed by atoms with van der Waals surface area (Å²) in [6.07, 6.45) is 0. The van der Waals surface area contributed by atoms with E-state index in [0.717, 1.165) is 26.1 Å². The monoisotopic (exact) mass is 230 g/mol. The second kappa shape index (κ2) is 3.15. The molecule has 0 bridgehead atoms. The second-order valence-electron chi connectivity index (χ2n) is 3.80. The van der Waals surface area contributed by atoms with Crippen LogP contribution in [0.4, 0.5) is 0 Å². The van der Waals surface area contributed by atoms with Crippen LogP contribution in [0.5, 0.6) is 0 Å². The first-order chi connectivity index (χ1) is 7.68. The Morgan fingerprint density at radius 1 is 1.31 bits per heavy atom. The van der Waals surface area contributed by atoms with Crippen LogP contribution in [-0.4, -0.2) is 9.55 Å². The minimum absolute atomic E-state index is 0.0451. The zero-order chi connectivity index (χ0) is 11.3. The first-order valence-electron chi connectivity index (χ1n) is 5.03. The smallest absolute Gasteiger partial charge is 0.271 e. The number of thiophene rings is 1. The Balaban J connectivity index is 2.66. The van der Waals surface area contributed by atoms with Gasteiger partial charge in [-0.3, -0.25) is 9.36 Å². The van der Waals surface area contributed by atoms with E-state index >= 15 is 0 Å². The lowest BCUT2D eigenvalue weighted by molar-refractivity contribution is 0.795.